The third kappa shape index (κ3) is 4.84. The molecule has 2 aromatic heterocycles. The lowest BCUT2D eigenvalue weighted by Gasteiger charge is -2.28. The third-order valence-corrected chi connectivity index (χ3v) is 13.7. The first-order valence-electron chi connectivity index (χ1n) is 19.6. The number of aromatic nitrogens is 1. The summed E-state index contributed by atoms with van der Waals surface area (Å²) in [5.74, 6) is 0.649. The molecule has 1 fully saturated rings. The van der Waals surface area contributed by atoms with Gasteiger partial charge in [-0.2, -0.15) is 0 Å². The Hall–Kier alpha value is -5.64. The molecule has 0 spiro atoms. The highest BCUT2D eigenvalue weighted by molar-refractivity contribution is 7.25. The van der Waals surface area contributed by atoms with Gasteiger partial charge in [-0.05, 0) is 107 Å². The molecule has 0 N–H and O–H groups in total. The van der Waals surface area contributed by atoms with Crippen molar-refractivity contribution in [3.63, 3.8) is 0 Å². The second-order valence-corrected chi connectivity index (χ2v) is 17.1. The van der Waals surface area contributed by atoms with E-state index < -0.39 is 0 Å². The Bertz CT molecular complexity index is 2900. The Balaban J connectivity index is 1.14. The largest absolute Gasteiger partial charge is 0.310 e. The zero-order valence-corrected chi connectivity index (χ0v) is 31.7. The highest BCUT2D eigenvalue weighted by Gasteiger charge is 2.36. The third-order valence-electron chi connectivity index (χ3n) is 12.6. The summed E-state index contributed by atoms with van der Waals surface area (Å²) in [6, 6.07) is 57.4. The molecule has 0 radical (unpaired) electrons. The lowest BCUT2D eigenvalue weighted by Crippen LogP contribution is -2.16. The molecule has 2 heterocycles. The van der Waals surface area contributed by atoms with Crippen LogP contribution in [-0.2, 0) is 5.41 Å². The van der Waals surface area contributed by atoms with Gasteiger partial charge in [-0.1, -0.05) is 124 Å². The Kier molecular flexibility index (Phi) is 7.19. The van der Waals surface area contributed by atoms with E-state index in [0.29, 0.717) is 5.92 Å². The monoisotopic (exact) mass is 714 g/mol. The number of hydrogen-bond donors (Lipinski definition) is 0. The minimum absolute atomic E-state index is 0.0945. The summed E-state index contributed by atoms with van der Waals surface area (Å²) in [5, 5.41) is 5.25. The highest BCUT2D eigenvalue weighted by atomic mass is 32.1. The number of fused-ring (bicyclic) bond motifs is 9. The van der Waals surface area contributed by atoms with Gasteiger partial charge in [0, 0.05) is 59.1 Å². The molecule has 0 amide bonds. The molecule has 9 aromatic rings. The lowest BCUT2D eigenvalue weighted by molar-refractivity contribution is 0.444. The van der Waals surface area contributed by atoms with E-state index >= 15 is 0 Å². The van der Waals surface area contributed by atoms with Gasteiger partial charge < -0.3 is 9.47 Å². The van der Waals surface area contributed by atoms with Crippen molar-refractivity contribution in [3.05, 3.63) is 168 Å². The maximum absolute atomic E-state index is 2.51. The summed E-state index contributed by atoms with van der Waals surface area (Å²) in [6.45, 7) is 4.75. The quantitative estimate of drug-likeness (QED) is 0.172. The molecule has 54 heavy (non-hydrogen) atoms. The molecule has 0 aliphatic heterocycles. The molecule has 11 rings (SSSR count). The number of rotatable bonds is 5. The van der Waals surface area contributed by atoms with Gasteiger partial charge in [-0.15, -0.1) is 11.3 Å². The normalized spacial score (nSPS) is 15.3. The van der Waals surface area contributed by atoms with Crippen molar-refractivity contribution in [3.8, 4) is 16.8 Å². The minimum atomic E-state index is -0.0945. The van der Waals surface area contributed by atoms with E-state index in [9.17, 15) is 0 Å². The van der Waals surface area contributed by atoms with Crippen molar-refractivity contribution >= 4 is 70.4 Å². The van der Waals surface area contributed by atoms with Crippen molar-refractivity contribution in [1.29, 1.82) is 0 Å². The first-order chi connectivity index (χ1) is 26.5. The van der Waals surface area contributed by atoms with Gasteiger partial charge in [-0.3, -0.25) is 0 Å². The summed E-state index contributed by atoms with van der Waals surface area (Å²) in [5.41, 5.74) is 14.1. The van der Waals surface area contributed by atoms with Crippen LogP contribution < -0.4 is 4.90 Å². The number of nitrogens with zero attached hydrogens (tertiary/aromatic N) is 2. The molecule has 7 aromatic carbocycles. The lowest BCUT2D eigenvalue weighted by atomic mass is 9.82. The maximum atomic E-state index is 2.51. The summed E-state index contributed by atoms with van der Waals surface area (Å²) < 4.78 is 5.15. The average Bonchev–Trinajstić information content (AvgIpc) is 3.83. The summed E-state index contributed by atoms with van der Waals surface area (Å²) >= 11 is 1.88. The van der Waals surface area contributed by atoms with E-state index in [1.54, 1.807) is 0 Å². The second-order valence-electron chi connectivity index (χ2n) is 16.0. The van der Waals surface area contributed by atoms with Gasteiger partial charge in [0.25, 0.3) is 0 Å². The van der Waals surface area contributed by atoms with Crippen LogP contribution in [0, 0.1) is 0 Å². The van der Waals surface area contributed by atoms with Gasteiger partial charge in [0.05, 0.1) is 11.0 Å². The topological polar surface area (TPSA) is 8.17 Å². The molecule has 0 saturated heterocycles. The van der Waals surface area contributed by atoms with Crippen LogP contribution in [0.25, 0.3) is 58.8 Å². The van der Waals surface area contributed by atoms with E-state index in [4.69, 9.17) is 0 Å². The van der Waals surface area contributed by atoms with Crippen molar-refractivity contribution in [2.45, 2.75) is 57.3 Å². The fourth-order valence-corrected chi connectivity index (χ4v) is 11.0. The Morgan fingerprint density at radius 2 is 1.15 bits per heavy atom. The van der Waals surface area contributed by atoms with Crippen molar-refractivity contribution in [1.82, 2.24) is 4.57 Å². The molecule has 2 aliphatic rings. The summed E-state index contributed by atoms with van der Waals surface area (Å²) in [4.78, 5) is 2.49. The van der Waals surface area contributed by atoms with Crippen LogP contribution in [0.15, 0.2) is 152 Å². The molecule has 0 unspecified atom stereocenters. The van der Waals surface area contributed by atoms with E-state index in [2.05, 4.69) is 175 Å². The van der Waals surface area contributed by atoms with Crippen LogP contribution in [0.4, 0.5) is 17.1 Å². The van der Waals surface area contributed by atoms with Crippen LogP contribution in [0.2, 0.25) is 0 Å². The van der Waals surface area contributed by atoms with Gasteiger partial charge in [0.1, 0.15) is 0 Å². The fourth-order valence-electron chi connectivity index (χ4n) is 9.84. The first kappa shape index (κ1) is 31.8. The van der Waals surface area contributed by atoms with Crippen molar-refractivity contribution in [2.24, 2.45) is 0 Å². The highest BCUT2D eigenvalue weighted by Crippen LogP contribution is 2.51. The van der Waals surface area contributed by atoms with Crippen LogP contribution >= 0.6 is 11.3 Å². The first-order valence-corrected chi connectivity index (χ1v) is 20.4. The smallest absolute Gasteiger partial charge is 0.0561 e. The average molecular weight is 715 g/mol. The number of benzene rings is 7. The zero-order valence-electron chi connectivity index (χ0n) is 30.8. The van der Waals surface area contributed by atoms with Gasteiger partial charge >= 0.3 is 0 Å². The number of thiophene rings is 1. The standard InChI is InChI=1S/C51H42N2S/c1-51(2)45-19-11-9-17-39(45)40-26-22-36(30-46(40)51)52(38-24-28-44-43-18-10-12-20-49(43)54-50(44)32-38)37-23-27-42-41-25-21-34(33-13-5-3-6-14-33)29-47(41)53(48(42)31-37)35-15-7-4-8-16-35/h4,7-12,15-33H,3,5-6,13-14H2,1-2H3. The predicted molar refractivity (Wildman–Crippen MR) is 232 cm³/mol. The molecule has 3 heteroatoms. The SMILES string of the molecule is CC1(C)c2ccccc2-c2ccc(N(c3ccc4c(c3)sc3ccccc34)c3ccc4c5ccc(C6CCCCC6)cc5n(-c5ccccc5)c4c3)cc21. The van der Waals surface area contributed by atoms with Crippen molar-refractivity contribution in [2.75, 3.05) is 4.90 Å². The predicted octanol–water partition coefficient (Wildman–Crippen LogP) is 15.0. The Morgan fingerprint density at radius 1 is 0.519 bits per heavy atom. The van der Waals surface area contributed by atoms with Gasteiger partial charge in [0.2, 0.25) is 0 Å². The van der Waals surface area contributed by atoms with E-state index in [1.165, 1.54) is 119 Å². The Labute approximate surface area is 320 Å². The molecule has 262 valence electrons. The zero-order chi connectivity index (χ0) is 36.0. The number of para-hydroxylation sites is 1. The van der Waals surface area contributed by atoms with E-state index in [-0.39, 0.29) is 5.41 Å². The van der Waals surface area contributed by atoms with Gasteiger partial charge in [-0.25, -0.2) is 0 Å². The molecule has 2 aliphatic carbocycles. The summed E-state index contributed by atoms with van der Waals surface area (Å²) in [6.07, 6.45) is 6.63. The number of hydrogen-bond acceptors (Lipinski definition) is 2. The molecule has 1 saturated carbocycles. The van der Waals surface area contributed by atoms with E-state index in [1.807, 2.05) is 11.3 Å². The van der Waals surface area contributed by atoms with Gasteiger partial charge in [0.15, 0.2) is 0 Å². The fraction of sp³-hybridized carbons (Fsp3) is 0.176. The van der Waals surface area contributed by atoms with Crippen molar-refractivity contribution < 1.29 is 0 Å². The van der Waals surface area contributed by atoms with Crippen LogP contribution in [-0.4, -0.2) is 4.57 Å². The molecule has 0 bridgehead atoms. The van der Waals surface area contributed by atoms with Crippen LogP contribution in [0.3, 0.4) is 0 Å². The number of anilines is 3. The van der Waals surface area contributed by atoms with Crippen LogP contribution in [0.1, 0.15) is 68.6 Å². The maximum Gasteiger partial charge on any atom is 0.0561 e. The Morgan fingerprint density at radius 3 is 2.00 bits per heavy atom. The van der Waals surface area contributed by atoms with E-state index in [0.717, 1.165) is 5.69 Å². The van der Waals surface area contributed by atoms with Crippen LogP contribution in [0.5, 0.6) is 0 Å². The second kappa shape index (κ2) is 12.2. The molecular formula is C51H42N2S. The molecule has 2 nitrogen and oxygen atoms in total. The molecule has 0 atom stereocenters. The summed E-state index contributed by atoms with van der Waals surface area (Å²) in [7, 11) is 0. The minimum Gasteiger partial charge on any atom is -0.310 e. The molecular weight excluding hydrogens is 673 g/mol.